The number of fused-ring (bicyclic) bond motifs is 1. The third-order valence-corrected chi connectivity index (χ3v) is 5.27. The molecule has 0 spiro atoms. The van der Waals surface area contributed by atoms with Crippen molar-refractivity contribution in [2.75, 3.05) is 0 Å². The van der Waals surface area contributed by atoms with Gasteiger partial charge in [-0.1, -0.05) is 61.0 Å². The maximum atomic E-state index is 2.30. The normalized spacial score (nSPS) is 9.78. The first-order valence-corrected chi connectivity index (χ1v) is 9.21. The Hall–Kier alpha value is -1.08. The Kier molecular flexibility index (Phi) is 12.9. The predicted octanol–water partition coefficient (Wildman–Crippen LogP) is 0.964. The number of rotatable bonds is 3. The van der Waals surface area contributed by atoms with E-state index in [1.54, 1.807) is 5.56 Å². The topological polar surface area (TPSA) is 0 Å². The molecule has 0 saturated heterocycles. The van der Waals surface area contributed by atoms with Crippen molar-refractivity contribution in [1.82, 2.24) is 0 Å². The van der Waals surface area contributed by atoms with Gasteiger partial charge in [-0.3, -0.25) is 0 Å². The van der Waals surface area contributed by atoms with Crippen LogP contribution in [0, 0.1) is 33.6 Å². The van der Waals surface area contributed by atoms with E-state index in [9.17, 15) is 0 Å². The minimum absolute atomic E-state index is 0. The Balaban J connectivity index is 0. The van der Waals surface area contributed by atoms with Crippen LogP contribution in [0.25, 0.3) is 10.8 Å². The molecule has 27 heavy (non-hydrogen) atoms. The van der Waals surface area contributed by atoms with Crippen molar-refractivity contribution in [3.05, 3.63) is 69.8 Å². The van der Waals surface area contributed by atoms with Crippen LogP contribution in [0.1, 0.15) is 54.2 Å². The van der Waals surface area contributed by atoms with Gasteiger partial charge in [0.25, 0.3) is 0 Å². The van der Waals surface area contributed by atoms with E-state index in [1.807, 2.05) is 0 Å². The molecule has 0 nitrogen and oxygen atoms in total. The Morgan fingerprint density at radius 3 is 1.85 bits per heavy atom. The summed E-state index contributed by atoms with van der Waals surface area (Å²) < 4.78 is 0. The first-order chi connectivity index (χ1) is 11.3. The monoisotopic (exact) mass is 448 g/mol. The Morgan fingerprint density at radius 2 is 1.44 bits per heavy atom. The molecule has 3 heteroatoms. The van der Waals surface area contributed by atoms with Crippen LogP contribution in [-0.4, -0.2) is 0 Å². The van der Waals surface area contributed by atoms with Gasteiger partial charge >= 0.3 is 26.2 Å². The van der Waals surface area contributed by atoms with Crippen LogP contribution in [0.2, 0.25) is 0 Å². The molecule has 146 valence electrons. The molecular formula is C24H32F2Zr. The van der Waals surface area contributed by atoms with E-state index >= 15 is 0 Å². The summed E-state index contributed by atoms with van der Waals surface area (Å²) in [6.07, 6.45) is 2.36. The third-order valence-electron chi connectivity index (χ3n) is 5.27. The van der Waals surface area contributed by atoms with Crippen LogP contribution in [-0.2, 0) is 39.0 Å². The molecule has 0 unspecified atom stereocenters. The summed E-state index contributed by atoms with van der Waals surface area (Å²) in [6.45, 7) is 15.7. The van der Waals surface area contributed by atoms with Gasteiger partial charge < -0.3 is 9.41 Å². The van der Waals surface area contributed by atoms with E-state index in [4.69, 9.17) is 0 Å². The second-order valence-electron chi connectivity index (χ2n) is 7.42. The molecule has 0 fully saturated rings. The smallest absolute Gasteiger partial charge is 1.00 e. The quantitative estimate of drug-likeness (QED) is 0.523. The maximum Gasteiger partial charge on any atom is 4.00 e. The summed E-state index contributed by atoms with van der Waals surface area (Å²) in [5.74, 6) is 0.747. The average Bonchev–Trinajstić information content (AvgIpc) is 3.02. The van der Waals surface area contributed by atoms with Gasteiger partial charge in [0.2, 0.25) is 0 Å². The van der Waals surface area contributed by atoms with Crippen molar-refractivity contribution >= 4 is 10.8 Å². The SMILES string of the molecule is CC(C)Cc1cc2ccccc2[cH-]1.CC[c-]1c(C)c(C)c(C)c1C.[F-].[F-].[Zr+4]. The summed E-state index contributed by atoms with van der Waals surface area (Å²) in [6, 6.07) is 13.2. The molecular weight excluding hydrogens is 417 g/mol. The molecule has 3 aromatic rings. The maximum absolute atomic E-state index is 2.30. The van der Waals surface area contributed by atoms with Crippen molar-refractivity contribution in [2.24, 2.45) is 5.92 Å². The zero-order valence-corrected chi connectivity index (χ0v) is 20.2. The van der Waals surface area contributed by atoms with Crippen LogP contribution in [0.3, 0.4) is 0 Å². The molecule has 0 aliphatic rings. The number of benzene rings is 1. The fourth-order valence-electron chi connectivity index (χ4n) is 3.63. The van der Waals surface area contributed by atoms with E-state index in [0.717, 1.165) is 5.92 Å². The summed E-state index contributed by atoms with van der Waals surface area (Å²) in [5, 5.41) is 2.75. The van der Waals surface area contributed by atoms with Crippen molar-refractivity contribution in [3.63, 3.8) is 0 Å². The molecule has 0 aliphatic heterocycles. The summed E-state index contributed by atoms with van der Waals surface area (Å²) in [5.41, 5.74) is 9.00. The van der Waals surface area contributed by atoms with Gasteiger partial charge in [-0.15, -0.1) is 40.6 Å². The van der Waals surface area contributed by atoms with Crippen LogP contribution < -0.4 is 9.41 Å². The van der Waals surface area contributed by atoms with Gasteiger partial charge in [0.15, 0.2) is 0 Å². The van der Waals surface area contributed by atoms with Crippen LogP contribution in [0.15, 0.2) is 36.4 Å². The second-order valence-corrected chi connectivity index (χ2v) is 7.42. The first kappa shape index (κ1) is 28.1. The van der Waals surface area contributed by atoms with E-state index < -0.39 is 0 Å². The minimum Gasteiger partial charge on any atom is -1.00 e. The Morgan fingerprint density at radius 1 is 0.926 bits per heavy atom. The molecule has 0 bridgehead atoms. The van der Waals surface area contributed by atoms with Crippen molar-refractivity contribution in [1.29, 1.82) is 0 Å². The number of hydrogen-bond acceptors (Lipinski definition) is 0. The largest absolute Gasteiger partial charge is 4.00 e. The fourth-order valence-corrected chi connectivity index (χ4v) is 3.63. The predicted molar refractivity (Wildman–Crippen MR) is 108 cm³/mol. The van der Waals surface area contributed by atoms with Gasteiger partial charge in [-0.2, -0.15) is 33.9 Å². The number of halogens is 2. The average molecular weight is 450 g/mol. The van der Waals surface area contributed by atoms with Crippen LogP contribution in [0.4, 0.5) is 0 Å². The van der Waals surface area contributed by atoms with E-state index in [2.05, 4.69) is 84.9 Å². The van der Waals surface area contributed by atoms with Gasteiger partial charge in [0, 0.05) is 0 Å². The summed E-state index contributed by atoms with van der Waals surface area (Å²) in [4.78, 5) is 0. The molecule has 0 aromatic heterocycles. The van der Waals surface area contributed by atoms with Crippen LogP contribution in [0.5, 0.6) is 0 Å². The zero-order valence-electron chi connectivity index (χ0n) is 17.7. The van der Waals surface area contributed by atoms with Gasteiger partial charge in [-0.05, 0) is 12.3 Å². The molecule has 3 aromatic carbocycles. The van der Waals surface area contributed by atoms with Crippen molar-refractivity contribution in [2.45, 2.75) is 61.3 Å². The Labute approximate surface area is 183 Å². The van der Waals surface area contributed by atoms with E-state index in [-0.39, 0.29) is 35.6 Å². The van der Waals surface area contributed by atoms with Crippen LogP contribution >= 0.6 is 0 Å². The van der Waals surface area contributed by atoms with E-state index in [1.165, 1.54) is 51.4 Å². The van der Waals surface area contributed by atoms with Crippen molar-refractivity contribution in [3.8, 4) is 0 Å². The van der Waals surface area contributed by atoms with Gasteiger partial charge in [0.1, 0.15) is 0 Å². The molecule has 0 N–H and O–H groups in total. The number of hydrogen-bond donors (Lipinski definition) is 0. The second kappa shape index (κ2) is 12.4. The molecule has 0 heterocycles. The molecule has 0 saturated carbocycles. The van der Waals surface area contributed by atoms with Gasteiger partial charge in [-0.25, -0.2) is 0 Å². The molecule has 3 rings (SSSR count). The summed E-state index contributed by atoms with van der Waals surface area (Å²) in [7, 11) is 0. The first-order valence-electron chi connectivity index (χ1n) is 9.21. The van der Waals surface area contributed by atoms with E-state index in [0.29, 0.717) is 0 Å². The fraction of sp³-hybridized carbons (Fsp3) is 0.417. The molecule has 0 aliphatic carbocycles. The third kappa shape index (κ3) is 6.79. The molecule has 0 radical (unpaired) electrons. The molecule has 0 amide bonds. The zero-order chi connectivity index (χ0) is 17.9. The summed E-state index contributed by atoms with van der Waals surface area (Å²) >= 11 is 0. The minimum atomic E-state index is 0. The standard InChI is InChI=1S/C13H15.C11H17.2FH.Zr/c1-10(2)7-11-8-12-5-3-4-6-13(12)9-11;1-6-11-9(4)7(2)8(3)10(11)5;;;/h3-6,8-10H,7H2,1-2H3;6H2,1-5H3;2*1H;/q2*-1;;;+4/p-2. The molecule has 0 atom stereocenters. The van der Waals surface area contributed by atoms with Crippen molar-refractivity contribution < 1.29 is 35.6 Å². The van der Waals surface area contributed by atoms with Gasteiger partial charge in [0.05, 0.1) is 0 Å². The Bertz CT molecular complexity index is 751.